The van der Waals surface area contributed by atoms with Crippen LogP contribution < -0.4 is 0 Å². The third-order valence-corrected chi connectivity index (χ3v) is 2.86. The van der Waals surface area contributed by atoms with Crippen molar-refractivity contribution in [3.05, 3.63) is 24.3 Å². The summed E-state index contributed by atoms with van der Waals surface area (Å²) in [5.41, 5.74) is 2.17. The van der Waals surface area contributed by atoms with Crippen LogP contribution in [0.3, 0.4) is 0 Å². The third kappa shape index (κ3) is 3.14. The zero-order valence-electron chi connectivity index (χ0n) is 9.02. The number of H-pyrrole nitrogens is 1. The second-order valence-electron chi connectivity index (χ2n) is 3.67. The number of fused-ring (bicyclic) bond motifs is 1. The zero-order valence-corrected chi connectivity index (χ0v) is 10.0. The molecule has 1 N–H and O–H groups in total. The topological polar surface area (TPSA) is 50.8 Å². The van der Waals surface area contributed by atoms with Gasteiger partial charge in [0.2, 0.25) is 0 Å². The molecular weight excluding hydrogens is 218 g/mol. The van der Waals surface area contributed by atoms with Gasteiger partial charge in [-0.25, -0.2) is 0 Å². The highest BCUT2D eigenvalue weighted by Crippen LogP contribution is 2.08. The van der Waals surface area contributed by atoms with E-state index in [1.54, 1.807) is 0 Å². The molecule has 0 amide bonds. The summed E-state index contributed by atoms with van der Waals surface area (Å²) in [4.78, 5) is 0. The number of ether oxygens (including phenoxy) is 1. The average molecular weight is 232 g/mol. The van der Waals surface area contributed by atoms with Gasteiger partial charge in [0, 0.05) is 12.3 Å². The summed E-state index contributed by atoms with van der Waals surface area (Å²) < 4.78 is 5.19. The summed E-state index contributed by atoms with van der Waals surface area (Å²) in [5.74, 6) is 0. The quantitative estimate of drug-likeness (QED) is 0.702. The van der Waals surface area contributed by atoms with Crippen molar-refractivity contribution in [3.63, 3.8) is 0 Å². The Hall–Kier alpha value is -1.20. The van der Waals surface area contributed by atoms with Gasteiger partial charge in [0.1, 0.15) is 11.0 Å². The monoisotopic (exact) mass is 232 g/mol. The first-order valence-corrected chi connectivity index (χ1v) is 6.02. The number of benzene rings is 1. The van der Waals surface area contributed by atoms with E-state index in [9.17, 15) is 0 Å². The fraction of sp³-hybridized carbons (Fsp3) is 0.455. The highest BCUT2D eigenvalue weighted by atomic mass is 28.1. The maximum Gasteiger partial charge on any atom is 0.112 e. The van der Waals surface area contributed by atoms with E-state index < -0.39 is 0 Å². The minimum Gasteiger partial charge on any atom is -0.382 e. The molecule has 1 unspecified atom stereocenters. The van der Waals surface area contributed by atoms with Gasteiger partial charge < -0.3 is 4.74 Å². The van der Waals surface area contributed by atoms with Crippen molar-refractivity contribution < 1.29 is 4.74 Å². The Bertz CT molecular complexity index is 396. The number of hydrogen-bond donors (Lipinski definition) is 1. The fourth-order valence-corrected chi connectivity index (χ4v) is 1.85. The highest BCUT2D eigenvalue weighted by molar-refractivity contribution is 6.11. The molecule has 0 spiro atoms. The highest BCUT2D eigenvalue weighted by Gasteiger charge is 2.06. The lowest BCUT2D eigenvalue weighted by molar-refractivity contribution is 0.0675. The van der Waals surface area contributed by atoms with E-state index in [2.05, 4.69) is 25.7 Å². The van der Waals surface area contributed by atoms with Crippen molar-refractivity contribution in [1.29, 1.82) is 0 Å². The number of nitrogens with zero attached hydrogens (tertiary/aromatic N) is 2. The van der Waals surface area contributed by atoms with Crippen molar-refractivity contribution in [1.82, 2.24) is 15.4 Å². The van der Waals surface area contributed by atoms with Crippen LogP contribution in [0.1, 0.15) is 19.3 Å². The van der Waals surface area contributed by atoms with E-state index in [1.165, 1.54) is 19.3 Å². The van der Waals surface area contributed by atoms with Crippen LogP contribution in [0.15, 0.2) is 24.3 Å². The standard InChI is InChI=1S/C6H5N3.C5H9OSi/c1-2-4-6-5(3-1)7-9-8-6;7-5-3-1-2-4-6-5/h1-4H,(H,7,8,9);5H,1-4H2. The summed E-state index contributed by atoms with van der Waals surface area (Å²) in [6.07, 6.45) is 3.73. The summed E-state index contributed by atoms with van der Waals surface area (Å²) in [6, 6.07) is 7.70. The second-order valence-corrected chi connectivity index (χ2v) is 4.31. The van der Waals surface area contributed by atoms with Gasteiger partial charge in [0.05, 0.1) is 10.2 Å². The number of hydrogen-bond acceptors (Lipinski definition) is 3. The van der Waals surface area contributed by atoms with Crippen molar-refractivity contribution in [2.24, 2.45) is 0 Å². The number of aromatic nitrogens is 3. The molecule has 1 aliphatic rings. The summed E-state index contributed by atoms with van der Waals surface area (Å²) >= 11 is 0. The smallest absolute Gasteiger partial charge is 0.112 e. The Labute approximate surface area is 97.8 Å². The summed E-state index contributed by atoms with van der Waals surface area (Å²) in [7, 11) is 3.41. The van der Waals surface area contributed by atoms with Gasteiger partial charge in [-0.2, -0.15) is 15.4 Å². The number of aromatic amines is 1. The van der Waals surface area contributed by atoms with Crippen molar-refractivity contribution in [2.75, 3.05) is 6.61 Å². The first kappa shape index (κ1) is 11.3. The molecule has 1 aromatic carbocycles. The summed E-state index contributed by atoms with van der Waals surface area (Å²) in [6.45, 7) is 0.939. The lowest BCUT2D eigenvalue weighted by Crippen LogP contribution is -2.18. The van der Waals surface area contributed by atoms with Crippen LogP contribution in [0.25, 0.3) is 11.0 Å². The lowest BCUT2D eigenvalue weighted by atomic mass is 10.2. The Balaban J connectivity index is 0.000000125. The Kier molecular flexibility index (Phi) is 4.07. The molecule has 2 heterocycles. The Morgan fingerprint density at radius 1 is 1.19 bits per heavy atom. The third-order valence-electron chi connectivity index (χ3n) is 2.40. The second kappa shape index (κ2) is 5.76. The molecule has 1 atom stereocenters. The first-order chi connectivity index (χ1) is 7.86. The van der Waals surface area contributed by atoms with E-state index in [0.29, 0.717) is 5.73 Å². The normalized spacial score (nSPS) is 20.2. The Morgan fingerprint density at radius 3 is 2.31 bits per heavy atom. The van der Waals surface area contributed by atoms with Crippen LogP contribution in [0, 0.1) is 0 Å². The van der Waals surface area contributed by atoms with E-state index in [0.717, 1.165) is 17.6 Å². The molecule has 0 aliphatic carbocycles. The van der Waals surface area contributed by atoms with Crippen LogP contribution in [0.4, 0.5) is 0 Å². The van der Waals surface area contributed by atoms with Gasteiger partial charge in [0.15, 0.2) is 0 Å². The van der Waals surface area contributed by atoms with E-state index in [4.69, 9.17) is 4.74 Å². The zero-order chi connectivity index (χ0) is 11.2. The van der Waals surface area contributed by atoms with Gasteiger partial charge in [-0.3, -0.25) is 0 Å². The largest absolute Gasteiger partial charge is 0.382 e. The van der Waals surface area contributed by atoms with Gasteiger partial charge in [-0.1, -0.05) is 12.1 Å². The van der Waals surface area contributed by atoms with Gasteiger partial charge >= 0.3 is 0 Å². The van der Waals surface area contributed by atoms with Crippen LogP contribution in [-0.2, 0) is 4.74 Å². The molecular formula is C11H14N3OSi. The predicted octanol–water partition coefficient (Wildman–Crippen LogP) is 1.64. The molecule has 1 fully saturated rings. The number of nitrogens with one attached hydrogen (secondary N) is 1. The minimum absolute atomic E-state index is 0.341. The molecule has 1 aromatic heterocycles. The van der Waals surface area contributed by atoms with E-state index in [-0.39, 0.29) is 0 Å². The van der Waals surface area contributed by atoms with Crippen LogP contribution in [0.5, 0.6) is 0 Å². The SMILES string of the molecule is [Si]C1CCCCO1.c1ccc2n[nH]nc2c1. The van der Waals surface area contributed by atoms with Crippen LogP contribution >= 0.6 is 0 Å². The van der Waals surface area contributed by atoms with E-state index >= 15 is 0 Å². The van der Waals surface area contributed by atoms with Gasteiger partial charge in [0.25, 0.3) is 0 Å². The van der Waals surface area contributed by atoms with Crippen molar-refractivity contribution in [2.45, 2.75) is 25.0 Å². The molecule has 16 heavy (non-hydrogen) atoms. The molecule has 3 radical (unpaired) electrons. The molecule has 1 saturated heterocycles. The molecule has 83 valence electrons. The molecule has 2 aromatic rings. The molecule has 5 heteroatoms. The minimum atomic E-state index is 0.341. The molecule has 3 rings (SSSR count). The summed E-state index contributed by atoms with van der Waals surface area (Å²) in [5, 5.41) is 10.3. The Morgan fingerprint density at radius 2 is 1.88 bits per heavy atom. The van der Waals surface area contributed by atoms with Crippen LogP contribution in [0.2, 0.25) is 0 Å². The molecule has 4 nitrogen and oxygen atoms in total. The molecule has 0 bridgehead atoms. The lowest BCUT2D eigenvalue weighted by Gasteiger charge is -2.17. The van der Waals surface area contributed by atoms with Crippen LogP contribution in [-0.4, -0.2) is 38.0 Å². The average Bonchev–Trinajstić information content (AvgIpc) is 2.79. The maximum absolute atomic E-state index is 5.19. The maximum atomic E-state index is 5.19. The number of rotatable bonds is 0. The molecule has 0 saturated carbocycles. The van der Waals surface area contributed by atoms with Crippen molar-refractivity contribution in [3.8, 4) is 0 Å². The van der Waals surface area contributed by atoms with Gasteiger partial charge in [-0.15, -0.1) is 0 Å². The van der Waals surface area contributed by atoms with E-state index in [1.807, 2.05) is 24.3 Å². The fourth-order valence-electron chi connectivity index (χ4n) is 1.53. The predicted molar refractivity (Wildman–Crippen MR) is 63.2 cm³/mol. The first-order valence-electron chi connectivity index (χ1n) is 5.44. The van der Waals surface area contributed by atoms with Crippen molar-refractivity contribution >= 4 is 21.3 Å². The van der Waals surface area contributed by atoms with Gasteiger partial charge in [-0.05, 0) is 31.4 Å². The number of para-hydroxylation sites is 2. The molecule has 1 aliphatic heterocycles.